The van der Waals surface area contributed by atoms with Crippen molar-refractivity contribution >= 4 is 32.7 Å². The minimum atomic E-state index is -4.83. The van der Waals surface area contributed by atoms with Crippen LogP contribution in [-0.2, 0) is 9.89 Å². The first-order chi connectivity index (χ1) is 16.0. The molecule has 0 saturated carbocycles. The fourth-order valence-electron chi connectivity index (χ4n) is 4.79. The normalized spacial score (nSPS) is 12.8. The van der Waals surface area contributed by atoms with E-state index in [1.165, 1.54) is 0 Å². The van der Waals surface area contributed by atoms with Crippen molar-refractivity contribution in [2.75, 3.05) is 0 Å². The molecular weight excluding hydrogens is 442 g/mol. The third-order valence-electron chi connectivity index (χ3n) is 6.12. The van der Waals surface area contributed by atoms with Gasteiger partial charge < -0.3 is 15.0 Å². The van der Waals surface area contributed by atoms with Crippen molar-refractivity contribution in [1.82, 2.24) is 15.0 Å². The first kappa shape index (κ1) is 20.0. The number of rotatable bonds is 5. The summed E-state index contributed by atoms with van der Waals surface area (Å²) in [6, 6.07) is 22.5. The van der Waals surface area contributed by atoms with Crippen LogP contribution in [0.2, 0.25) is 0 Å². The van der Waals surface area contributed by atoms with Gasteiger partial charge in [0.15, 0.2) is 0 Å². The van der Waals surface area contributed by atoms with E-state index in [-0.39, 0.29) is 0 Å². The molecule has 0 aliphatic carbocycles. The number of nitrogens with one attached hydrogen (secondary N) is 3. The van der Waals surface area contributed by atoms with Crippen molar-refractivity contribution in [1.29, 1.82) is 0 Å². The van der Waals surface area contributed by atoms with Gasteiger partial charge in [0.1, 0.15) is 0 Å². The third kappa shape index (κ3) is 3.06. The minimum Gasteiger partial charge on any atom is -0.361 e. The van der Waals surface area contributed by atoms with Crippen LogP contribution >= 0.6 is 0 Å². The zero-order valence-electron chi connectivity index (χ0n) is 17.2. The molecule has 0 amide bonds. The van der Waals surface area contributed by atoms with E-state index in [2.05, 4.69) is 15.0 Å². The summed E-state index contributed by atoms with van der Waals surface area (Å²) < 4.78 is 42.5. The van der Waals surface area contributed by atoms with Crippen molar-refractivity contribution in [3.05, 3.63) is 108 Å². The van der Waals surface area contributed by atoms with E-state index in [0.29, 0.717) is 16.7 Å². The smallest absolute Gasteiger partial charge is 0.304 e. The molecule has 0 saturated heterocycles. The summed E-state index contributed by atoms with van der Waals surface area (Å²) in [6.45, 7) is 0. The monoisotopic (exact) mass is 459 g/mol. The summed E-state index contributed by atoms with van der Waals surface area (Å²) in [6.07, 6.45) is 5.11. The average molecular weight is 460 g/mol. The Morgan fingerprint density at radius 2 is 0.879 bits per heavy atom. The van der Waals surface area contributed by atoms with Crippen LogP contribution < -0.4 is 14.0 Å². The molecule has 0 spiro atoms. The SMILES string of the molecule is [O-][Cl+3]([O-])([O-])OC(c1c[nH]c2ccccc12)(c1c[nH]c2ccccc12)c1c[nH]c2ccccc12. The number of H-pyrrole nitrogens is 3. The number of fused-ring (bicyclic) bond motifs is 3. The molecule has 0 fully saturated rings. The van der Waals surface area contributed by atoms with Crippen LogP contribution in [-0.4, -0.2) is 15.0 Å². The zero-order chi connectivity index (χ0) is 22.6. The topological polar surface area (TPSA) is 126 Å². The predicted molar refractivity (Wildman–Crippen MR) is 116 cm³/mol. The summed E-state index contributed by atoms with van der Waals surface area (Å²) in [5.41, 5.74) is 2.15. The highest BCUT2D eigenvalue weighted by Crippen LogP contribution is 2.49. The van der Waals surface area contributed by atoms with Crippen LogP contribution in [0.5, 0.6) is 0 Å². The largest absolute Gasteiger partial charge is 0.361 e. The average Bonchev–Trinajstić information content (AvgIpc) is 3.53. The summed E-state index contributed by atoms with van der Waals surface area (Å²) in [7, 11) is -4.83. The van der Waals surface area contributed by atoms with Crippen LogP contribution in [0.15, 0.2) is 91.4 Å². The minimum absolute atomic E-state index is 0.513. The molecule has 3 N–H and O–H groups in total. The van der Waals surface area contributed by atoms with E-state index in [4.69, 9.17) is 4.29 Å². The number of hydrogen-bond donors (Lipinski definition) is 3. The summed E-state index contributed by atoms with van der Waals surface area (Å²) >= 11 is 0. The number of aromatic nitrogens is 3. The summed E-state index contributed by atoms with van der Waals surface area (Å²) in [4.78, 5) is 9.60. The predicted octanol–water partition coefficient (Wildman–Crippen LogP) is 2.34. The molecule has 0 aliphatic rings. The fourth-order valence-corrected chi connectivity index (χ4v) is 5.32. The van der Waals surface area contributed by atoms with Gasteiger partial charge in [0.25, 0.3) is 0 Å². The van der Waals surface area contributed by atoms with Crippen LogP contribution in [0.3, 0.4) is 0 Å². The Kier molecular flexibility index (Phi) is 4.38. The van der Waals surface area contributed by atoms with E-state index < -0.39 is 15.8 Å². The Hall–Kier alpha value is -3.59. The first-order valence-corrected chi connectivity index (χ1v) is 11.5. The number of aromatic amines is 3. The van der Waals surface area contributed by atoms with E-state index >= 15 is 0 Å². The Morgan fingerprint density at radius 3 is 1.21 bits per heavy atom. The maximum Gasteiger partial charge on any atom is 0.304 e. The fraction of sp³-hybridized carbons (Fsp3) is 0.0400. The lowest BCUT2D eigenvalue weighted by atomic mass is 9.80. The number of halogens is 1. The van der Waals surface area contributed by atoms with E-state index in [1.54, 1.807) is 18.6 Å². The molecule has 0 atom stereocenters. The van der Waals surface area contributed by atoms with Crippen molar-refractivity contribution < 1.29 is 28.5 Å². The van der Waals surface area contributed by atoms with Gasteiger partial charge in [0.05, 0.1) is 14.5 Å². The maximum absolute atomic E-state index is 12.3. The Labute approximate surface area is 190 Å². The van der Waals surface area contributed by atoms with Crippen LogP contribution in [0, 0.1) is 10.2 Å². The molecule has 8 heteroatoms. The second-order valence-corrected chi connectivity index (χ2v) is 8.79. The van der Waals surface area contributed by atoms with Crippen LogP contribution in [0.25, 0.3) is 32.7 Å². The van der Waals surface area contributed by atoms with Crippen LogP contribution in [0.1, 0.15) is 16.7 Å². The molecule has 0 bridgehead atoms. The molecule has 6 rings (SSSR count). The molecule has 3 heterocycles. The number of hydrogen-bond acceptors (Lipinski definition) is 4. The second-order valence-electron chi connectivity index (χ2n) is 7.88. The van der Waals surface area contributed by atoms with Gasteiger partial charge in [0.2, 0.25) is 0 Å². The van der Waals surface area contributed by atoms with Gasteiger partial charge in [-0.3, -0.25) is 0 Å². The lowest BCUT2D eigenvalue weighted by molar-refractivity contribution is -1.92. The second kappa shape index (κ2) is 7.21. The number of benzene rings is 3. The Morgan fingerprint density at radius 1 is 0.545 bits per heavy atom. The Bertz CT molecular complexity index is 1430. The van der Waals surface area contributed by atoms with Crippen molar-refractivity contribution in [3.63, 3.8) is 0 Å². The summed E-state index contributed by atoms with van der Waals surface area (Å²) in [5, 5.41) is 2.23. The first-order valence-electron chi connectivity index (χ1n) is 10.3. The molecule has 0 unspecified atom stereocenters. The molecular formula is C25H18ClN3O4. The molecule has 3 aromatic heterocycles. The maximum atomic E-state index is 12.3. The van der Waals surface area contributed by atoms with Crippen molar-refractivity contribution in [2.45, 2.75) is 5.60 Å². The van der Waals surface area contributed by atoms with Crippen LogP contribution in [0.4, 0.5) is 0 Å². The van der Waals surface area contributed by atoms with Gasteiger partial charge in [-0.05, 0) is 18.2 Å². The van der Waals surface area contributed by atoms with Gasteiger partial charge >= 0.3 is 5.60 Å². The summed E-state index contributed by atoms with van der Waals surface area (Å²) in [5.74, 6) is 0. The highest BCUT2D eigenvalue weighted by Gasteiger charge is 2.55. The highest BCUT2D eigenvalue weighted by atomic mass is 35.7. The third-order valence-corrected chi connectivity index (χ3v) is 6.54. The molecule has 7 nitrogen and oxygen atoms in total. The molecule has 3 aromatic carbocycles. The van der Waals surface area contributed by atoms with Gasteiger partial charge in [-0.1, -0.05) is 54.6 Å². The molecule has 0 radical (unpaired) electrons. The van der Waals surface area contributed by atoms with E-state index in [9.17, 15) is 14.0 Å². The lowest BCUT2D eigenvalue weighted by Gasteiger charge is -2.30. The highest BCUT2D eigenvalue weighted by molar-refractivity contribution is 5.93. The van der Waals surface area contributed by atoms with Gasteiger partial charge in [-0.25, -0.2) is 0 Å². The molecule has 6 aromatic rings. The standard InChI is InChI=1S/C25H18ClN3O4/c30-26(31,32)33-25(19-13-27-22-10-4-1-7-16(19)22,20-14-28-23-11-5-2-8-17(20)23)21-15-29-24-12-6-3-9-18(21)24/h1-15,27-29H. The van der Waals surface area contributed by atoms with Gasteiger partial charge in [-0.15, -0.1) is 0 Å². The lowest BCUT2D eigenvalue weighted by Crippen LogP contribution is -2.64. The van der Waals surface area contributed by atoms with Gasteiger partial charge in [0, 0.05) is 68.0 Å². The zero-order valence-corrected chi connectivity index (χ0v) is 17.9. The molecule has 0 aliphatic heterocycles. The van der Waals surface area contributed by atoms with E-state index in [0.717, 1.165) is 32.7 Å². The van der Waals surface area contributed by atoms with Crippen molar-refractivity contribution in [3.8, 4) is 0 Å². The van der Waals surface area contributed by atoms with E-state index in [1.807, 2.05) is 72.8 Å². The van der Waals surface area contributed by atoms with Gasteiger partial charge in [-0.2, -0.15) is 14.0 Å². The Balaban J connectivity index is 1.81. The molecule has 164 valence electrons. The molecule has 33 heavy (non-hydrogen) atoms. The quantitative estimate of drug-likeness (QED) is 0.365. The number of para-hydroxylation sites is 3. The van der Waals surface area contributed by atoms with Crippen molar-refractivity contribution in [2.24, 2.45) is 0 Å².